The third-order valence-electron chi connectivity index (χ3n) is 4.29. The van der Waals surface area contributed by atoms with Crippen LogP contribution in [-0.4, -0.2) is 34.9 Å². The van der Waals surface area contributed by atoms with Gasteiger partial charge in [0.2, 0.25) is 0 Å². The van der Waals surface area contributed by atoms with E-state index < -0.39 is 0 Å². The lowest BCUT2D eigenvalue weighted by Crippen LogP contribution is -1.99. The Kier molecular flexibility index (Phi) is 3.53. The van der Waals surface area contributed by atoms with Crippen molar-refractivity contribution in [3.8, 4) is 22.8 Å². The molecule has 5 aromatic rings. The van der Waals surface area contributed by atoms with E-state index in [2.05, 4.69) is 30.3 Å². The summed E-state index contributed by atoms with van der Waals surface area (Å²) in [5, 5.41) is 11.1. The summed E-state index contributed by atoms with van der Waals surface area (Å²) in [6.45, 7) is 2.37. The number of imidazole rings is 1. The van der Waals surface area contributed by atoms with Crippen molar-refractivity contribution in [2.75, 3.05) is 0 Å². The summed E-state index contributed by atoms with van der Waals surface area (Å²) >= 11 is 0. The fourth-order valence-electron chi connectivity index (χ4n) is 2.96. The largest absolute Gasteiger partial charge is 0.334 e. The van der Waals surface area contributed by atoms with Crippen molar-refractivity contribution < 1.29 is 4.52 Å². The number of aromatic nitrogens is 7. The van der Waals surface area contributed by atoms with Gasteiger partial charge in [0.15, 0.2) is 11.6 Å². The van der Waals surface area contributed by atoms with Crippen molar-refractivity contribution in [2.45, 2.75) is 13.5 Å². The Morgan fingerprint density at radius 3 is 2.63 bits per heavy atom. The van der Waals surface area contributed by atoms with Gasteiger partial charge in [0.1, 0.15) is 5.82 Å². The first kappa shape index (κ1) is 15.4. The van der Waals surface area contributed by atoms with Crippen LogP contribution in [0, 0.1) is 6.92 Å². The molecule has 0 aliphatic rings. The van der Waals surface area contributed by atoms with Crippen LogP contribution in [0.5, 0.6) is 0 Å². The van der Waals surface area contributed by atoms with Crippen LogP contribution >= 0.6 is 0 Å². The number of aryl methyl sites for hydroxylation is 1. The zero-order valence-electron chi connectivity index (χ0n) is 14.5. The molecule has 0 bridgehead atoms. The van der Waals surface area contributed by atoms with Crippen LogP contribution in [0.4, 0.5) is 0 Å². The van der Waals surface area contributed by atoms with E-state index >= 15 is 0 Å². The number of nitrogens with zero attached hydrogens (tertiary/aromatic N) is 6. The molecule has 5 rings (SSSR count). The molecule has 1 N–H and O–H groups in total. The average molecular weight is 357 g/mol. The molecule has 0 radical (unpaired) electrons. The molecule has 2 aromatic carbocycles. The Bertz CT molecular complexity index is 1220. The molecule has 3 aromatic heterocycles. The Labute approximate surface area is 153 Å². The number of benzene rings is 2. The smallest absolute Gasteiger partial charge is 0.257 e. The summed E-state index contributed by atoms with van der Waals surface area (Å²) in [4.78, 5) is 13.2. The average Bonchev–Trinajstić information content (AvgIpc) is 3.43. The Balaban J connectivity index is 1.38. The summed E-state index contributed by atoms with van der Waals surface area (Å²) in [5.41, 5.74) is 3.75. The molecule has 3 heterocycles. The van der Waals surface area contributed by atoms with Crippen LogP contribution in [-0.2, 0) is 6.54 Å². The number of H-pyrrole nitrogens is 1. The molecule has 0 unspecified atom stereocenters. The van der Waals surface area contributed by atoms with E-state index in [0.29, 0.717) is 24.1 Å². The standard InChI is InChI=1S/C19H15N7O/c1-12-21-18(24-23-12)13-6-8-14(9-7-13)19-22-17(25-27-19)10-26-11-20-15-4-2-3-5-16(15)26/h2-9,11H,10H2,1H3,(H,21,23,24). The lowest BCUT2D eigenvalue weighted by molar-refractivity contribution is 0.421. The topological polar surface area (TPSA) is 98.3 Å². The Hall–Kier alpha value is -3.81. The molecule has 8 nitrogen and oxygen atoms in total. The molecular weight excluding hydrogens is 342 g/mol. The molecular formula is C19H15N7O. The van der Waals surface area contributed by atoms with Gasteiger partial charge in [-0.3, -0.25) is 5.10 Å². The van der Waals surface area contributed by atoms with Crippen molar-refractivity contribution in [2.24, 2.45) is 0 Å². The highest BCUT2D eigenvalue weighted by Gasteiger charge is 2.12. The minimum Gasteiger partial charge on any atom is -0.334 e. The second kappa shape index (κ2) is 6.17. The number of nitrogens with one attached hydrogen (secondary N) is 1. The highest BCUT2D eigenvalue weighted by Crippen LogP contribution is 2.22. The van der Waals surface area contributed by atoms with Crippen LogP contribution in [0.1, 0.15) is 11.6 Å². The maximum absolute atomic E-state index is 5.43. The number of fused-ring (bicyclic) bond motifs is 1. The molecule has 8 heteroatoms. The van der Waals surface area contributed by atoms with Gasteiger partial charge in [-0.2, -0.15) is 10.1 Å². The van der Waals surface area contributed by atoms with E-state index in [1.54, 1.807) is 6.33 Å². The minimum absolute atomic E-state index is 0.479. The van der Waals surface area contributed by atoms with Gasteiger partial charge < -0.3 is 9.09 Å². The summed E-state index contributed by atoms with van der Waals surface area (Å²) in [6.07, 6.45) is 1.79. The monoisotopic (exact) mass is 357 g/mol. The van der Waals surface area contributed by atoms with E-state index in [1.165, 1.54) is 0 Å². The van der Waals surface area contributed by atoms with Crippen LogP contribution < -0.4 is 0 Å². The van der Waals surface area contributed by atoms with Crippen LogP contribution in [0.25, 0.3) is 33.9 Å². The zero-order chi connectivity index (χ0) is 18.2. The first-order valence-electron chi connectivity index (χ1n) is 8.48. The number of rotatable bonds is 4. The molecule has 132 valence electrons. The van der Waals surface area contributed by atoms with E-state index in [0.717, 1.165) is 28.0 Å². The summed E-state index contributed by atoms with van der Waals surface area (Å²) in [5.74, 6) is 2.52. The fraction of sp³-hybridized carbons (Fsp3) is 0.105. The molecule has 0 aliphatic heterocycles. The molecule has 0 amide bonds. The Morgan fingerprint density at radius 2 is 1.81 bits per heavy atom. The van der Waals surface area contributed by atoms with Crippen molar-refractivity contribution in [3.05, 3.63) is 66.5 Å². The van der Waals surface area contributed by atoms with Gasteiger partial charge in [-0.15, -0.1) is 0 Å². The minimum atomic E-state index is 0.479. The van der Waals surface area contributed by atoms with Gasteiger partial charge in [-0.05, 0) is 31.2 Å². The summed E-state index contributed by atoms with van der Waals surface area (Å²) < 4.78 is 7.43. The molecule has 0 atom stereocenters. The van der Waals surface area contributed by atoms with Gasteiger partial charge in [-0.1, -0.05) is 29.4 Å². The van der Waals surface area contributed by atoms with Crippen LogP contribution in [0.2, 0.25) is 0 Å². The highest BCUT2D eigenvalue weighted by molar-refractivity contribution is 5.75. The molecule has 27 heavy (non-hydrogen) atoms. The quantitative estimate of drug-likeness (QED) is 0.530. The predicted octanol–water partition coefficient (Wildman–Crippen LogP) is 3.23. The number of aromatic amines is 1. The number of para-hydroxylation sites is 2. The van der Waals surface area contributed by atoms with Gasteiger partial charge in [-0.25, -0.2) is 9.97 Å². The van der Waals surface area contributed by atoms with Gasteiger partial charge >= 0.3 is 0 Å². The SMILES string of the molecule is Cc1nc(-c2ccc(-c3nc(Cn4cnc5ccccc54)no3)cc2)n[nH]1. The molecule has 0 aliphatic carbocycles. The van der Waals surface area contributed by atoms with Gasteiger partial charge in [0.25, 0.3) is 5.89 Å². The van der Waals surface area contributed by atoms with Crippen LogP contribution in [0.3, 0.4) is 0 Å². The van der Waals surface area contributed by atoms with Crippen molar-refractivity contribution in [1.82, 2.24) is 34.9 Å². The molecule has 0 spiro atoms. The lowest BCUT2D eigenvalue weighted by atomic mass is 10.1. The molecule has 0 saturated carbocycles. The highest BCUT2D eigenvalue weighted by atomic mass is 16.5. The van der Waals surface area contributed by atoms with Crippen molar-refractivity contribution in [1.29, 1.82) is 0 Å². The zero-order valence-corrected chi connectivity index (χ0v) is 14.5. The van der Waals surface area contributed by atoms with Crippen molar-refractivity contribution in [3.63, 3.8) is 0 Å². The molecule has 0 fully saturated rings. The first-order chi connectivity index (χ1) is 13.3. The van der Waals surface area contributed by atoms with Gasteiger partial charge in [0.05, 0.1) is 23.9 Å². The maximum atomic E-state index is 5.43. The fourth-order valence-corrected chi connectivity index (χ4v) is 2.96. The summed E-state index contributed by atoms with van der Waals surface area (Å²) in [7, 11) is 0. The third-order valence-corrected chi connectivity index (χ3v) is 4.29. The van der Waals surface area contributed by atoms with E-state index in [4.69, 9.17) is 4.52 Å². The second-order valence-corrected chi connectivity index (χ2v) is 6.20. The van der Waals surface area contributed by atoms with Crippen molar-refractivity contribution >= 4 is 11.0 Å². The van der Waals surface area contributed by atoms with E-state index in [-0.39, 0.29) is 0 Å². The number of hydrogen-bond acceptors (Lipinski definition) is 6. The number of hydrogen-bond donors (Lipinski definition) is 1. The first-order valence-corrected chi connectivity index (χ1v) is 8.48. The third kappa shape index (κ3) is 2.86. The van der Waals surface area contributed by atoms with E-state index in [1.807, 2.05) is 60.0 Å². The predicted molar refractivity (Wildman–Crippen MR) is 98.7 cm³/mol. The Morgan fingerprint density at radius 1 is 1.00 bits per heavy atom. The molecule has 0 saturated heterocycles. The lowest BCUT2D eigenvalue weighted by Gasteiger charge is -1.99. The van der Waals surface area contributed by atoms with Gasteiger partial charge in [0, 0.05) is 11.1 Å². The summed E-state index contributed by atoms with van der Waals surface area (Å²) in [6, 6.07) is 15.7. The van der Waals surface area contributed by atoms with E-state index in [9.17, 15) is 0 Å². The van der Waals surface area contributed by atoms with Crippen LogP contribution in [0.15, 0.2) is 59.4 Å². The normalized spacial score (nSPS) is 11.3. The maximum Gasteiger partial charge on any atom is 0.257 e. The second-order valence-electron chi connectivity index (χ2n) is 6.20.